The van der Waals surface area contributed by atoms with Gasteiger partial charge in [-0.3, -0.25) is 5.41 Å². The molecule has 1 aliphatic heterocycles. The molecule has 0 amide bonds. The zero-order valence-electron chi connectivity index (χ0n) is 11.2. The Morgan fingerprint density at radius 1 is 1.33 bits per heavy atom. The number of para-hydroxylation sites is 2. The Labute approximate surface area is 109 Å². The van der Waals surface area contributed by atoms with Crippen molar-refractivity contribution < 1.29 is 0 Å². The third-order valence-corrected chi connectivity index (χ3v) is 3.65. The van der Waals surface area contributed by atoms with Crippen LogP contribution < -0.4 is 15.5 Å². The fraction of sp³-hybridized carbons (Fsp3) is 0.500. The second kappa shape index (κ2) is 5.29. The van der Waals surface area contributed by atoms with Crippen molar-refractivity contribution in [1.29, 1.82) is 5.41 Å². The lowest BCUT2D eigenvalue weighted by molar-refractivity contribution is 0.574. The van der Waals surface area contributed by atoms with Crippen molar-refractivity contribution in [3.8, 4) is 0 Å². The van der Waals surface area contributed by atoms with Gasteiger partial charge in [0, 0.05) is 32.6 Å². The molecule has 0 radical (unpaired) electrons. The van der Waals surface area contributed by atoms with E-state index in [9.17, 15) is 0 Å². The first kappa shape index (κ1) is 12.7. The summed E-state index contributed by atoms with van der Waals surface area (Å²) in [5.74, 6) is 0.276. The number of hydrogen-bond acceptors (Lipinski definition) is 3. The third-order valence-electron chi connectivity index (χ3n) is 3.65. The van der Waals surface area contributed by atoms with Crippen molar-refractivity contribution in [2.24, 2.45) is 5.73 Å². The van der Waals surface area contributed by atoms with E-state index in [1.54, 1.807) is 0 Å². The molecular weight excluding hydrogens is 224 g/mol. The van der Waals surface area contributed by atoms with Crippen LogP contribution in [-0.4, -0.2) is 32.0 Å². The molecule has 4 nitrogen and oxygen atoms in total. The Hall–Kier alpha value is -1.71. The average Bonchev–Trinajstić information content (AvgIpc) is 2.37. The molecule has 1 aliphatic rings. The Morgan fingerprint density at radius 2 is 2.00 bits per heavy atom. The van der Waals surface area contributed by atoms with Crippen LogP contribution in [0.2, 0.25) is 0 Å². The van der Waals surface area contributed by atoms with E-state index in [1.165, 1.54) is 11.4 Å². The molecule has 0 aliphatic carbocycles. The van der Waals surface area contributed by atoms with Crippen LogP contribution in [0.15, 0.2) is 24.3 Å². The molecule has 1 unspecified atom stereocenters. The zero-order chi connectivity index (χ0) is 13.1. The van der Waals surface area contributed by atoms with E-state index in [-0.39, 0.29) is 5.84 Å². The fourth-order valence-corrected chi connectivity index (χ4v) is 2.64. The molecule has 98 valence electrons. The van der Waals surface area contributed by atoms with Gasteiger partial charge in [0.25, 0.3) is 0 Å². The summed E-state index contributed by atoms with van der Waals surface area (Å²) < 4.78 is 0. The van der Waals surface area contributed by atoms with E-state index in [0.29, 0.717) is 12.5 Å². The highest BCUT2D eigenvalue weighted by molar-refractivity contribution is 5.79. The van der Waals surface area contributed by atoms with Crippen LogP contribution in [0.5, 0.6) is 0 Å². The van der Waals surface area contributed by atoms with Crippen LogP contribution in [0.4, 0.5) is 11.4 Å². The third kappa shape index (κ3) is 2.42. The number of hydrogen-bond donors (Lipinski definition) is 2. The lowest BCUT2D eigenvalue weighted by Crippen LogP contribution is -2.46. The Morgan fingerprint density at radius 3 is 2.61 bits per heavy atom. The molecule has 18 heavy (non-hydrogen) atoms. The first-order valence-electron chi connectivity index (χ1n) is 6.53. The standard InChI is InChI=1S/C14H22N4/c1-3-11(10-14(15)16)18-9-8-17(2)12-6-4-5-7-13(12)18/h4-7,11H,3,8-10H2,1-2H3,(H3,15,16). The van der Waals surface area contributed by atoms with Crippen LogP contribution in [0.3, 0.4) is 0 Å². The Bertz CT molecular complexity index is 430. The van der Waals surface area contributed by atoms with E-state index in [1.807, 2.05) is 0 Å². The van der Waals surface area contributed by atoms with E-state index < -0.39 is 0 Å². The van der Waals surface area contributed by atoms with Gasteiger partial charge in [0.15, 0.2) is 0 Å². The minimum Gasteiger partial charge on any atom is -0.388 e. The molecule has 1 aromatic rings. The average molecular weight is 246 g/mol. The predicted octanol–water partition coefficient (Wildman–Crippen LogP) is 2.05. The lowest BCUT2D eigenvalue weighted by atomic mass is 10.0. The number of likely N-dealkylation sites (N-methyl/N-ethyl adjacent to an activating group) is 1. The molecule has 0 fully saturated rings. The number of anilines is 2. The number of nitrogens with one attached hydrogen (secondary N) is 1. The number of rotatable bonds is 4. The summed E-state index contributed by atoms with van der Waals surface area (Å²) in [4.78, 5) is 4.68. The monoisotopic (exact) mass is 246 g/mol. The van der Waals surface area contributed by atoms with Gasteiger partial charge in [0.1, 0.15) is 0 Å². The fourth-order valence-electron chi connectivity index (χ4n) is 2.64. The molecule has 0 saturated heterocycles. The predicted molar refractivity (Wildman–Crippen MR) is 77.7 cm³/mol. The second-order valence-electron chi connectivity index (χ2n) is 4.90. The van der Waals surface area contributed by atoms with Gasteiger partial charge >= 0.3 is 0 Å². The van der Waals surface area contributed by atoms with Gasteiger partial charge in [0.2, 0.25) is 0 Å². The number of amidine groups is 1. The minimum absolute atomic E-state index is 0.276. The lowest BCUT2D eigenvalue weighted by Gasteiger charge is -2.41. The zero-order valence-corrected chi connectivity index (χ0v) is 11.2. The van der Waals surface area contributed by atoms with Crippen molar-refractivity contribution in [3.05, 3.63) is 24.3 Å². The summed E-state index contributed by atoms with van der Waals surface area (Å²) in [6.45, 7) is 4.18. The van der Waals surface area contributed by atoms with E-state index in [0.717, 1.165) is 19.5 Å². The van der Waals surface area contributed by atoms with Gasteiger partial charge in [-0.1, -0.05) is 19.1 Å². The molecule has 4 heteroatoms. The minimum atomic E-state index is 0.276. The number of benzene rings is 1. The van der Waals surface area contributed by atoms with Crippen LogP contribution in [0, 0.1) is 5.41 Å². The number of nitrogens with two attached hydrogens (primary N) is 1. The first-order chi connectivity index (χ1) is 8.63. The molecule has 0 spiro atoms. The molecule has 1 aromatic carbocycles. The molecule has 0 bridgehead atoms. The first-order valence-corrected chi connectivity index (χ1v) is 6.53. The van der Waals surface area contributed by atoms with Crippen LogP contribution in [0.1, 0.15) is 19.8 Å². The largest absolute Gasteiger partial charge is 0.388 e. The van der Waals surface area contributed by atoms with Gasteiger partial charge in [-0.25, -0.2) is 0 Å². The number of fused-ring (bicyclic) bond motifs is 1. The van der Waals surface area contributed by atoms with Crippen molar-refractivity contribution in [2.75, 3.05) is 29.9 Å². The highest BCUT2D eigenvalue weighted by Gasteiger charge is 2.25. The van der Waals surface area contributed by atoms with Gasteiger partial charge in [-0.2, -0.15) is 0 Å². The van der Waals surface area contributed by atoms with E-state index >= 15 is 0 Å². The summed E-state index contributed by atoms with van der Waals surface area (Å²) in [6, 6.07) is 8.80. The molecule has 1 atom stereocenters. The van der Waals surface area contributed by atoms with Crippen molar-refractivity contribution in [2.45, 2.75) is 25.8 Å². The molecule has 0 aromatic heterocycles. The normalized spacial score (nSPS) is 16.3. The van der Waals surface area contributed by atoms with Gasteiger partial charge < -0.3 is 15.5 Å². The van der Waals surface area contributed by atoms with Gasteiger partial charge in [-0.05, 0) is 18.6 Å². The summed E-state index contributed by atoms with van der Waals surface area (Å²) in [5, 5.41) is 7.51. The smallest absolute Gasteiger partial charge is 0.0926 e. The quantitative estimate of drug-likeness (QED) is 0.631. The summed E-state index contributed by atoms with van der Waals surface area (Å²) in [5.41, 5.74) is 8.10. The molecule has 0 saturated carbocycles. The molecule has 1 heterocycles. The van der Waals surface area contributed by atoms with Crippen LogP contribution in [-0.2, 0) is 0 Å². The SMILES string of the molecule is CCC(CC(=N)N)N1CCN(C)c2ccccc21. The van der Waals surface area contributed by atoms with E-state index in [2.05, 4.69) is 48.0 Å². The molecule has 3 N–H and O–H groups in total. The van der Waals surface area contributed by atoms with Crippen molar-refractivity contribution in [3.63, 3.8) is 0 Å². The molecule has 2 rings (SSSR count). The van der Waals surface area contributed by atoms with Gasteiger partial charge in [-0.15, -0.1) is 0 Å². The van der Waals surface area contributed by atoms with Crippen molar-refractivity contribution >= 4 is 17.2 Å². The number of nitrogens with zero attached hydrogens (tertiary/aromatic N) is 2. The maximum atomic E-state index is 7.51. The Kier molecular flexibility index (Phi) is 3.75. The van der Waals surface area contributed by atoms with Crippen molar-refractivity contribution in [1.82, 2.24) is 0 Å². The van der Waals surface area contributed by atoms with Crippen LogP contribution in [0.25, 0.3) is 0 Å². The highest BCUT2D eigenvalue weighted by atomic mass is 15.3. The van der Waals surface area contributed by atoms with E-state index in [4.69, 9.17) is 11.1 Å². The maximum Gasteiger partial charge on any atom is 0.0926 e. The maximum absolute atomic E-state index is 7.51. The summed E-state index contributed by atoms with van der Waals surface area (Å²) in [7, 11) is 2.13. The summed E-state index contributed by atoms with van der Waals surface area (Å²) in [6.07, 6.45) is 1.66. The Balaban J connectivity index is 2.29. The summed E-state index contributed by atoms with van der Waals surface area (Å²) >= 11 is 0. The second-order valence-corrected chi connectivity index (χ2v) is 4.90. The molecular formula is C14H22N4. The van der Waals surface area contributed by atoms with Crippen LogP contribution >= 0.6 is 0 Å². The topological polar surface area (TPSA) is 56.4 Å². The van der Waals surface area contributed by atoms with Gasteiger partial charge in [0.05, 0.1) is 17.2 Å². The highest BCUT2D eigenvalue weighted by Crippen LogP contribution is 2.34.